The second kappa shape index (κ2) is 21.6. The van der Waals surface area contributed by atoms with Gasteiger partial charge in [0.15, 0.2) is 30.7 Å². The molecule has 0 saturated carbocycles. The van der Waals surface area contributed by atoms with Crippen LogP contribution in [0.3, 0.4) is 0 Å². The monoisotopic (exact) mass is 919 g/mol. The number of ether oxygens (including phenoxy) is 10. The van der Waals surface area contributed by atoms with Crippen molar-refractivity contribution >= 4 is 52.9 Å². The van der Waals surface area contributed by atoms with E-state index in [-0.39, 0.29) is 6.61 Å². The molecule has 0 radical (unpaired) electrons. The summed E-state index contributed by atoms with van der Waals surface area (Å²) in [7, 11) is 1.01. The maximum Gasteiger partial charge on any atom is 0.338 e. The molecule has 2 aliphatic rings. The number of hydrogen-bond acceptors (Lipinski definition) is 21. The van der Waals surface area contributed by atoms with Gasteiger partial charge in [0.2, 0.25) is 6.29 Å². The minimum absolute atomic E-state index is 0.259. The first-order valence-electron chi connectivity index (χ1n) is 20.1. The van der Waals surface area contributed by atoms with E-state index in [0.717, 1.165) is 40.0 Å². The first-order valence-corrected chi connectivity index (χ1v) is 20.1. The number of rotatable bonds is 16. The Labute approximate surface area is 372 Å². The maximum absolute atomic E-state index is 13.9. The Balaban J connectivity index is 2.01. The first-order chi connectivity index (χ1) is 30.3. The zero-order valence-corrected chi connectivity index (χ0v) is 37.4. The van der Waals surface area contributed by atoms with Crippen LogP contribution >= 0.6 is 0 Å². The van der Waals surface area contributed by atoms with Crippen LogP contribution in [0, 0.1) is 31.1 Å². The van der Waals surface area contributed by atoms with E-state index in [1.54, 1.807) is 71.9 Å². The molecular formula is C42H53N3O20. The molecule has 23 heteroatoms. The fraction of sp³-hybridized carbons (Fsp3) is 0.571. The lowest BCUT2D eigenvalue weighted by atomic mass is 9.93. The van der Waals surface area contributed by atoms with E-state index >= 15 is 0 Å². The normalized spacial score (nSPS) is 25.5. The fourth-order valence-corrected chi connectivity index (χ4v) is 6.44. The molecule has 4 rings (SSSR count). The molecule has 2 aromatic rings. The predicted octanol–water partition coefficient (Wildman–Crippen LogP) is 3.85. The Hall–Kier alpha value is -6.30. The number of nitro groups is 2. The predicted molar refractivity (Wildman–Crippen MR) is 219 cm³/mol. The van der Waals surface area contributed by atoms with Gasteiger partial charge in [-0.2, -0.15) is 0 Å². The van der Waals surface area contributed by atoms with Gasteiger partial charge in [0.1, 0.15) is 36.6 Å². The third kappa shape index (κ3) is 13.6. The summed E-state index contributed by atoms with van der Waals surface area (Å²) in [4.78, 5) is 101. The largest absolute Gasteiger partial charge is 0.467 e. The van der Waals surface area contributed by atoms with Crippen molar-refractivity contribution in [3.05, 3.63) is 74.3 Å². The molecule has 2 saturated heterocycles. The number of nitrogens with zero attached hydrogens (tertiary/aromatic N) is 2. The topological polar surface area (TPSA) is 293 Å². The van der Waals surface area contributed by atoms with Crippen molar-refractivity contribution < 1.29 is 86.0 Å². The van der Waals surface area contributed by atoms with Gasteiger partial charge in [0.25, 0.3) is 11.4 Å². The Morgan fingerprint density at radius 2 is 1.29 bits per heavy atom. The molecule has 356 valence electrons. The molecule has 65 heavy (non-hydrogen) atoms. The summed E-state index contributed by atoms with van der Waals surface area (Å²) >= 11 is 0. The lowest BCUT2D eigenvalue weighted by Crippen LogP contribution is -2.68. The van der Waals surface area contributed by atoms with Crippen LogP contribution in [0.4, 0.5) is 17.1 Å². The number of hydrogen-bond donors (Lipinski definition) is 1. The number of carbonyl (C=O) groups is 6. The zero-order chi connectivity index (χ0) is 48.6. The number of nitrogens with one attached hydrogen (secondary N) is 1. The summed E-state index contributed by atoms with van der Waals surface area (Å²) in [6.45, 7) is 11.4. The second-order valence-corrected chi connectivity index (χ2v) is 17.0. The van der Waals surface area contributed by atoms with E-state index in [0.29, 0.717) is 11.6 Å². The Kier molecular flexibility index (Phi) is 17.0. The van der Waals surface area contributed by atoms with Gasteiger partial charge in [0, 0.05) is 26.8 Å². The summed E-state index contributed by atoms with van der Waals surface area (Å²) in [5.41, 5.74) is -3.72. The minimum atomic E-state index is -1.96. The maximum atomic E-state index is 13.9. The summed E-state index contributed by atoms with van der Waals surface area (Å²) in [5.74, 6) is -5.58. The third-order valence-corrected chi connectivity index (χ3v) is 9.61. The molecule has 10 atom stereocenters. The third-order valence-electron chi connectivity index (χ3n) is 9.61. The highest BCUT2D eigenvalue weighted by molar-refractivity contribution is 5.78. The number of esters is 6. The van der Waals surface area contributed by atoms with Crippen LogP contribution < -0.4 is 5.32 Å². The first kappa shape index (κ1) is 51.3. The van der Waals surface area contributed by atoms with E-state index in [1.165, 1.54) is 0 Å². The van der Waals surface area contributed by atoms with Gasteiger partial charge in [-0.05, 0) is 53.2 Å². The SMILES string of the molecule is COC(=O)[C@@H]1O[C@@H](OC(=O)C(C)(C)C)[C@H](OC(=O)C(C)(C)C)[C@@H](OCc2ccccc2)[C@@H]1OC1O[C@H](COC(C)=O)[C@@H](OC(C)=O)[C@H](OC(C)=O)[C@H]1Nc1ccc([N+](=O)[O-])cc1[N+](=O)[O-]. The number of anilines is 1. The van der Waals surface area contributed by atoms with Gasteiger partial charge in [-0.25, -0.2) is 4.79 Å². The van der Waals surface area contributed by atoms with Crippen LogP contribution in [-0.4, -0.2) is 121 Å². The summed E-state index contributed by atoms with van der Waals surface area (Å²) < 4.78 is 58.9. The molecular weight excluding hydrogens is 866 g/mol. The highest BCUT2D eigenvalue weighted by Crippen LogP contribution is 2.39. The number of carbonyl (C=O) groups excluding carboxylic acids is 6. The van der Waals surface area contributed by atoms with Gasteiger partial charge < -0.3 is 52.7 Å². The molecule has 2 fully saturated rings. The molecule has 0 bridgehead atoms. The van der Waals surface area contributed by atoms with Crippen molar-refractivity contribution in [3.63, 3.8) is 0 Å². The molecule has 0 spiro atoms. The molecule has 23 nitrogen and oxygen atoms in total. The Morgan fingerprint density at radius 3 is 1.83 bits per heavy atom. The molecule has 0 amide bonds. The highest BCUT2D eigenvalue weighted by atomic mass is 16.8. The van der Waals surface area contributed by atoms with E-state index in [2.05, 4.69) is 5.32 Å². The quantitative estimate of drug-likeness (QED) is 0.108. The van der Waals surface area contributed by atoms with Crippen LogP contribution in [0.5, 0.6) is 0 Å². The van der Waals surface area contributed by atoms with Gasteiger partial charge in [-0.1, -0.05) is 30.3 Å². The molecule has 1 unspecified atom stereocenters. The molecule has 2 aliphatic heterocycles. The van der Waals surface area contributed by atoms with Crippen molar-refractivity contribution in [2.75, 3.05) is 19.0 Å². The number of benzene rings is 2. The Morgan fingerprint density at radius 1 is 0.692 bits per heavy atom. The van der Waals surface area contributed by atoms with Crippen LogP contribution in [0.25, 0.3) is 0 Å². The molecule has 2 heterocycles. The number of nitro benzene ring substituents is 2. The van der Waals surface area contributed by atoms with E-state index in [1.807, 2.05) is 0 Å². The summed E-state index contributed by atoms with van der Waals surface area (Å²) in [6.07, 6.45) is -16.0. The van der Waals surface area contributed by atoms with Crippen LogP contribution in [0.1, 0.15) is 67.9 Å². The molecule has 0 aromatic heterocycles. The van der Waals surface area contributed by atoms with Gasteiger partial charge >= 0.3 is 35.8 Å². The minimum Gasteiger partial charge on any atom is -0.467 e. The summed E-state index contributed by atoms with van der Waals surface area (Å²) in [5, 5.41) is 26.8. The highest BCUT2D eigenvalue weighted by Gasteiger charge is 2.59. The zero-order valence-electron chi connectivity index (χ0n) is 37.4. The average molecular weight is 920 g/mol. The van der Waals surface area contributed by atoms with E-state index in [9.17, 15) is 49.0 Å². The van der Waals surface area contributed by atoms with Crippen molar-refractivity contribution in [1.82, 2.24) is 0 Å². The van der Waals surface area contributed by atoms with Gasteiger partial charge in [-0.3, -0.25) is 44.2 Å². The van der Waals surface area contributed by atoms with Crippen molar-refractivity contribution in [2.45, 2.75) is 130 Å². The van der Waals surface area contributed by atoms with Crippen molar-refractivity contribution in [1.29, 1.82) is 0 Å². The number of methoxy groups -OCH3 is 1. The molecule has 1 N–H and O–H groups in total. The standard InChI is InChI=1S/C42H53N3O20/c1-21(46)57-20-28-30(59-22(2)47)31(60-23(3)48)29(43-26-17-16-25(44(52)53)18-27(26)45(54)55)37(61-28)62-33-32(58-19-24-14-12-11-13-15-24)35(64-39(50)41(4,5)6)38(63-34(33)36(49)56-10)65-40(51)42(7,8)9/h11-18,28-35,37-38,43H,19-20H2,1-10H3/t28-,29-,30-,31-,32+,33+,34-,35-,37?,38+/m1/s1. The van der Waals surface area contributed by atoms with Crippen LogP contribution in [0.2, 0.25) is 0 Å². The van der Waals surface area contributed by atoms with Crippen LogP contribution in [-0.2, 0) is 82.7 Å². The molecule has 2 aromatic carbocycles. The van der Waals surface area contributed by atoms with Gasteiger partial charge in [-0.15, -0.1) is 0 Å². The second-order valence-electron chi connectivity index (χ2n) is 17.0. The fourth-order valence-electron chi connectivity index (χ4n) is 6.44. The number of non-ortho nitro benzene ring substituents is 1. The smallest absolute Gasteiger partial charge is 0.338 e. The van der Waals surface area contributed by atoms with Gasteiger partial charge in [0.05, 0.1) is 40.5 Å². The average Bonchev–Trinajstić information content (AvgIpc) is 3.21. The van der Waals surface area contributed by atoms with Crippen molar-refractivity contribution in [3.8, 4) is 0 Å². The lowest BCUT2D eigenvalue weighted by Gasteiger charge is -2.49. The lowest BCUT2D eigenvalue weighted by molar-refractivity contribution is -0.393. The summed E-state index contributed by atoms with van der Waals surface area (Å²) in [6, 6.07) is 9.38. The van der Waals surface area contributed by atoms with E-state index in [4.69, 9.17) is 47.4 Å². The molecule has 0 aliphatic carbocycles. The Bertz CT molecular complexity index is 2080. The van der Waals surface area contributed by atoms with E-state index < -0.39 is 142 Å². The van der Waals surface area contributed by atoms with Crippen LogP contribution in [0.15, 0.2) is 48.5 Å². The van der Waals surface area contributed by atoms with Crippen molar-refractivity contribution in [2.24, 2.45) is 10.8 Å².